The lowest BCUT2D eigenvalue weighted by Crippen LogP contribution is -2.49. The van der Waals surface area contributed by atoms with Crippen molar-refractivity contribution in [3.8, 4) is 11.1 Å². The zero-order valence-corrected chi connectivity index (χ0v) is 30.4. The molecule has 3 amide bonds. The largest absolute Gasteiger partial charge is 0.379 e. The minimum Gasteiger partial charge on any atom is -0.379 e. The molecule has 266 valence electrons. The van der Waals surface area contributed by atoms with E-state index in [-0.39, 0.29) is 42.3 Å². The number of benzene rings is 1. The molecular formula is C39H56N6O4. The number of rotatable bonds is 12. The maximum Gasteiger partial charge on any atom is 0.253 e. The number of carbonyl (C=O) groups is 3. The second kappa shape index (κ2) is 16.4. The quantitative estimate of drug-likeness (QED) is 0.297. The first-order chi connectivity index (χ1) is 23.5. The third kappa shape index (κ3) is 8.76. The minimum absolute atomic E-state index is 0.0170. The second-order valence-electron chi connectivity index (χ2n) is 14.6. The summed E-state index contributed by atoms with van der Waals surface area (Å²) in [5.74, 6) is -0.180. The van der Waals surface area contributed by atoms with Gasteiger partial charge in [-0.25, -0.2) is 4.99 Å². The number of carbonyl (C=O) groups excluding carboxylic acids is 3. The van der Waals surface area contributed by atoms with Crippen LogP contribution in [0.4, 0.5) is 5.69 Å². The number of nitrogens with one attached hydrogen (secondary N) is 2. The number of hydrogen-bond donors (Lipinski definition) is 2. The first-order valence-corrected chi connectivity index (χ1v) is 18.3. The van der Waals surface area contributed by atoms with Gasteiger partial charge in [0, 0.05) is 81.0 Å². The normalized spacial score (nSPS) is 24.7. The van der Waals surface area contributed by atoms with Gasteiger partial charge in [-0.05, 0) is 87.6 Å². The van der Waals surface area contributed by atoms with E-state index in [2.05, 4.69) is 64.5 Å². The highest BCUT2D eigenvalue weighted by atomic mass is 16.5. The first-order valence-electron chi connectivity index (χ1n) is 18.3. The van der Waals surface area contributed by atoms with Crippen molar-refractivity contribution >= 4 is 29.1 Å². The standard InChI is InChI=1S/C39H56N6O4/c1-7-8-15-39(26(2)20-27(3)42-38(39)48)25-41-37(47)35-21-31(30-9-10-33(40-23-30)24-45-16-18-49-19-17-45)22-36(28(35)4)44(6)34-13-11-32(12-14-34)43-29(5)46/h9-10,21-23,26,32,34H,7-8,11-20,24-25H2,1-6H3,(H,41,47)(H,43,46). The molecule has 1 aromatic heterocycles. The SMILES string of the molecule is CCCCC1(CNC(=O)c2cc(-c3ccc(CN4CCOCC4)nc3)cc(N(C)C3CCC(NC(C)=O)CC3)c2C)C(=O)N=C(C)CC1C. The molecule has 3 aliphatic rings. The van der Waals surface area contributed by atoms with Gasteiger partial charge in [0.2, 0.25) is 5.91 Å². The molecule has 2 aromatic rings. The summed E-state index contributed by atoms with van der Waals surface area (Å²) < 4.78 is 5.50. The fraction of sp³-hybridized carbons (Fsp3) is 0.615. The van der Waals surface area contributed by atoms with Crippen LogP contribution in [-0.2, 0) is 20.9 Å². The summed E-state index contributed by atoms with van der Waals surface area (Å²) in [6.07, 6.45) is 8.99. The zero-order chi connectivity index (χ0) is 35.1. The van der Waals surface area contributed by atoms with Crippen molar-refractivity contribution in [2.24, 2.45) is 16.3 Å². The highest BCUT2D eigenvalue weighted by Gasteiger charge is 2.45. The Hall–Kier alpha value is -3.63. The molecule has 10 heteroatoms. The predicted molar refractivity (Wildman–Crippen MR) is 195 cm³/mol. The summed E-state index contributed by atoms with van der Waals surface area (Å²) in [6, 6.07) is 8.81. The lowest BCUT2D eigenvalue weighted by atomic mass is 9.68. The second-order valence-corrected chi connectivity index (χ2v) is 14.6. The third-order valence-electron chi connectivity index (χ3n) is 11.1. The van der Waals surface area contributed by atoms with Gasteiger partial charge < -0.3 is 20.3 Å². The van der Waals surface area contributed by atoms with Gasteiger partial charge in [0.1, 0.15) is 0 Å². The average Bonchev–Trinajstić information content (AvgIpc) is 3.08. The number of nitrogens with zero attached hydrogens (tertiary/aromatic N) is 4. The Labute approximate surface area is 292 Å². The maximum absolute atomic E-state index is 14.2. The Morgan fingerprint density at radius 3 is 2.45 bits per heavy atom. The number of ether oxygens (including phenoxy) is 1. The molecular weight excluding hydrogens is 616 g/mol. The van der Waals surface area contributed by atoms with Crippen LogP contribution in [-0.4, -0.2) is 85.3 Å². The lowest BCUT2D eigenvalue weighted by Gasteiger charge is -2.39. The number of amides is 3. The molecule has 2 fully saturated rings. The van der Waals surface area contributed by atoms with Gasteiger partial charge >= 0.3 is 0 Å². The van der Waals surface area contributed by atoms with Crippen LogP contribution in [0, 0.1) is 18.3 Å². The fourth-order valence-corrected chi connectivity index (χ4v) is 7.93. The summed E-state index contributed by atoms with van der Waals surface area (Å²) >= 11 is 0. The van der Waals surface area contributed by atoms with E-state index in [1.54, 1.807) is 6.92 Å². The molecule has 1 saturated heterocycles. The average molecular weight is 673 g/mol. The summed E-state index contributed by atoms with van der Waals surface area (Å²) in [4.78, 5) is 53.2. The molecule has 1 aromatic carbocycles. The van der Waals surface area contributed by atoms with Gasteiger partial charge in [-0.1, -0.05) is 32.8 Å². The smallest absolute Gasteiger partial charge is 0.253 e. The molecule has 2 N–H and O–H groups in total. The fourth-order valence-electron chi connectivity index (χ4n) is 7.93. The number of morpholine rings is 1. The van der Waals surface area contributed by atoms with Crippen molar-refractivity contribution in [2.45, 2.75) is 105 Å². The minimum atomic E-state index is -0.705. The van der Waals surface area contributed by atoms with E-state index in [0.717, 1.165) is 112 Å². The van der Waals surface area contributed by atoms with Crippen LogP contribution in [0.2, 0.25) is 0 Å². The van der Waals surface area contributed by atoms with E-state index in [9.17, 15) is 14.4 Å². The molecule has 10 nitrogen and oxygen atoms in total. The van der Waals surface area contributed by atoms with Gasteiger partial charge in [-0.2, -0.15) is 0 Å². The van der Waals surface area contributed by atoms with Crippen LogP contribution in [0.1, 0.15) is 101 Å². The molecule has 0 spiro atoms. The first kappa shape index (κ1) is 36.6. The molecule has 1 aliphatic carbocycles. The summed E-state index contributed by atoms with van der Waals surface area (Å²) in [6.45, 7) is 14.1. The Balaban J connectivity index is 1.43. The Morgan fingerprint density at radius 1 is 1.08 bits per heavy atom. The van der Waals surface area contributed by atoms with Crippen LogP contribution in [0.25, 0.3) is 11.1 Å². The van der Waals surface area contributed by atoms with Crippen LogP contribution in [0.5, 0.6) is 0 Å². The predicted octanol–water partition coefficient (Wildman–Crippen LogP) is 5.71. The van der Waals surface area contributed by atoms with Crippen molar-refractivity contribution in [2.75, 3.05) is 44.8 Å². The summed E-state index contributed by atoms with van der Waals surface area (Å²) in [5.41, 5.74) is 5.55. The number of aromatic nitrogens is 1. The molecule has 49 heavy (non-hydrogen) atoms. The Morgan fingerprint density at radius 2 is 1.82 bits per heavy atom. The van der Waals surface area contributed by atoms with E-state index >= 15 is 0 Å². The third-order valence-corrected chi connectivity index (χ3v) is 11.1. The zero-order valence-electron chi connectivity index (χ0n) is 30.4. The van der Waals surface area contributed by atoms with Crippen molar-refractivity contribution in [3.63, 3.8) is 0 Å². The monoisotopic (exact) mass is 672 g/mol. The van der Waals surface area contributed by atoms with E-state index in [1.165, 1.54) is 0 Å². The van der Waals surface area contributed by atoms with E-state index in [4.69, 9.17) is 9.72 Å². The highest BCUT2D eigenvalue weighted by molar-refractivity contribution is 6.02. The Kier molecular flexibility index (Phi) is 12.3. The molecule has 2 unspecified atom stereocenters. The molecule has 1 saturated carbocycles. The number of aliphatic imine (C=N–C) groups is 1. The molecule has 2 aliphatic heterocycles. The van der Waals surface area contributed by atoms with E-state index in [0.29, 0.717) is 12.0 Å². The van der Waals surface area contributed by atoms with Crippen LogP contribution < -0.4 is 15.5 Å². The number of pyridine rings is 1. The van der Waals surface area contributed by atoms with Crippen LogP contribution in [0.3, 0.4) is 0 Å². The molecule has 0 bridgehead atoms. The Bertz CT molecular complexity index is 1510. The van der Waals surface area contributed by atoms with Crippen molar-refractivity contribution in [1.82, 2.24) is 20.5 Å². The van der Waals surface area contributed by atoms with Gasteiger partial charge in [0.25, 0.3) is 11.8 Å². The van der Waals surface area contributed by atoms with Gasteiger partial charge in [-0.15, -0.1) is 0 Å². The molecule has 3 heterocycles. The van der Waals surface area contributed by atoms with E-state index < -0.39 is 5.41 Å². The van der Waals surface area contributed by atoms with Crippen LogP contribution >= 0.6 is 0 Å². The lowest BCUT2D eigenvalue weighted by molar-refractivity contribution is -0.131. The van der Waals surface area contributed by atoms with Gasteiger partial charge in [0.15, 0.2) is 0 Å². The number of anilines is 1. The maximum atomic E-state index is 14.2. The molecule has 5 rings (SSSR count). The van der Waals surface area contributed by atoms with Gasteiger partial charge in [-0.3, -0.25) is 24.3 Å². The van der Waals surface area contributed by atoms with Crippen molar-refractivity contribution in [1.29, 1.82) is 0 Å². The summed E-state index contributed by atoms with van der Waals surface area (Å²) in [5, 5.41) is 6.30. The molecule has 0 radical (unpaired) electrons. The van der Waals surface area contributed by atoms with Crippen LogP contribution in [0.15, 0.2) is 35.5 Å². The molecule has 2 atom stereocenters. The van der Waals surface area contributed by atoms with E-state index in [1.807, 2.05) is 26.1 Å². The topological polar surface area (TPSA) is 116 Å². The summed E-state index contributed by atoms with van der Waals surface area (Å²) in [7, 11) is 2.11. The number of unbranched alkanes of at least 4 members (excludes halogenated alkanes) is 1. The van der Waals surface area contributed by atoms with Gasteiger partial charge in [0.05, 0.1) is 24.3 Å². The highest BCUT2D eigenvalue weighted by Crippen LogP contribution is 2.40. The van der Waals surface area contributed by atoms with Crippen molar-refractivity contribution < 1.29 is 19.1 Å². The number of hydrogen-bond acceptors (Lipinski definition) is 7. The van der Waals surface area contributed by atoms with Crippen molar-refractivity contribution in [3.05, 3.63) is 47.3 Å².